The lowest BCUT2D eigenvalue weighted by Gasteiger charge is -2.37. The Bertz CT molecular complexity index is 948. The highest BCUT2D eigenvalue weighted by Gasteiger charge is 2.30. The monoisotopic (exact) mass is 446 g/mol. The van der Waals surface area contributed by atoms with Crippen LogP contribution in [0.1, 0.15) is 33.6 Å². The number of ether oxygens (including phenoxy) is 1. The van der Waals surface area contributed by atoms with Crippen molar-refractivity contribution in [1.29, 1.82) is 0 Å². The van der Waals surface area contributed by atoms with Crippen molar-refractivity contribution in [2.75, 3.05) is 25.5 Å². The van der Waals surface area contributed by atoms with Gasteiger partial charge in [0, 0.05) is 37.8 Å². The first-order valence-electron chi connectivity index (χ1n) is 10.5. The van der Waals surface area contributed by atoms with E-state index in [2.05, 4.69) is 10.3 Å². The fourth-order valence-electron chi connectivity index (χ4n) is 3.48. The molecule has 0 bridgehead atoms. The van der Waals surface area contributed by atoms with E-state index < -0.39 is 17.2 Å². The van der Waals surface area contributed by atoms with E-state index in [1.54, 1.807) is 29.0 Å². The van der Waals surface area contributed by atoms with E-state index in [-0.39, 0.29) is 18.2 Å². The zero-order chi connectivity index (χ0) is 23.5. The van der Waals surface area contributed by atoms with E-state index in [1.165, 1.54) is 18.3 Å². The molecule has 1 aromatic carbocycles. The maximum Gasteiger partial charge on any atom is 0.410 e. The van der Waals surface area contributed by atoms with Gasteiger partial charge in [0.1, 0.15) is 17.2 Å². The molecule has 0 radical (unpaired) electrons. The average molecular weight is 446 g/mol. The van der Waals surface area contributed by atoms with Crippen LogP contribution in [0, 0.1) is 11.6 Å². The number of rotatable bonds is 3. The van der Waals surface area contributed by atoms with Crippen molar-refractivity contribution in [3.05, 3.63) is 48.2 Å². The summed E-state index contributed by atoms with van der Waals surface area (Å²) < 4.78 is 32.2. The molecule has 9 heteroatoms. The summed E-state index contributed by atoms with van der Waals surface area (Å²) in [6, 6.07) is 6.09. The topological polar surface area (TPSA) is 74.8 Å². The molecule has 2 heterocycles. The number of amides is 3. The van der Waals surface area contributed by atoms with Crippen LogP contribution in [0.3, 0.4) is 0 Å². The zero-order valence-corrected chi connectivity index (χ0v) is 18.7. The second-order valence-electron chi connectivity index (χ2n) is 8.83. The number of aromatic nitrogens is 1. The van der Waals surface area contributed by atoms with Crippen LogP contribution >= 0.6 is 0 Å². The molecule has 32 heavy (non-hydrogen) atoms. The van der Waals surface area contributed by atoms with Crippen LogP contribution in [0.25, 0.3) is 11.3 Å². The first-order chi connectivity index (χ1) is 15.0. The maximum absolute atomic E-state index is 13.4. The van der Waals surface area contributed by atoms with Gasteiger partial charge in [0.05, 0.1) is 17.6 Å². The molecule has 1 N–H and O–H groups in total. The highest BCUT2D eigenvalue weighted by molar-refractivity contribution is 5.89. The fraction of sp³-hybridized carbons (Fsp3) is 0.435. The summed E-state index contributed by atoms with van der Waals surface area (Å²) in [5.41, 5.74) is 0.629. The lowest BCUT2D eigenvalue weighted by atomic mass is 10.0. The number of nitrogens with one attached hydrogen (secondary N) is 1. The van der Waals surface area contributed by atoms with Crippen molar-refractivity contribution in [3.8, 4) is 11.3 Å². The number of urea groups is 1. The molecule has 172 valence electrons. The summed E-state index contributed by atoms with van der Waals surface area (Å²) in [7, 11) is 1.71. The number of carbonyl (C=O) groups excluding carboxylic acids is 2. The predicted octanol–water partition coefficient (Wildman–Crippen LogP) is 4.89. The molecule has 1 aromatic heterocycles. The third kappa shape index (κ3) is 6.15. The molecule has 3 amide bonds. The van der Waals surface area contributed by atoms with E-state index in [1.807, 2.05) is 20.8 Å². The second kappa shape index (κ2) is 9.50. The van der Waals surface area contributed by atoms with Crippen LogP contribution < -0.4 is 5.32 Å². The molecule has 1 fully saturated rings. The van der Waals surface area contributed by atoms with Crippen molar-refractivity contribution in [2.24, 2.45) is 0 Å². The van der Waals surface area contributed by atoms with Gasteiger partial charge in [0.2, 0.25) is 0 Å². The molecule has 0 aliphatic carbocycles. The van der Waals surface area contributed by atoms with Crippen LogP contribution in [0.4, 0.5) is 24.1 Å². The molecule has 1 aliphatic rings. The smallest absolute Gasteiger partial charge is 0.410 e. The largest absolute Gasteiger partial charge is 0.444 e. The molecule has 3 rings (SSSR count). The summed E-state index contributed by atoms with van der Waals surface area (Å²) in [5.74, 6) is -1.36. The van der Waals surface area contributed by atoms with E-state index in [4.69, 9.17) is 4.74 Å². The van der Waals surface area contributed by atoms with Gasteiger partial charge in [-0.1, -0.05) is 0 Å². The Labute approximate surface area is 186 Å². The predicted molar refractivity (Wildman–Crippen MR) is 117 cm³/mol. The molecule has 0 atom stereocenters. The van der Waals surface area contributed by atoms with Crippen LogP contribution in [-0.2, 0) is 4.74 Å². The normalized spacial score (nSPS) is 14.8. The Balaban J connectivity index is 1.54. The van der Waals surface area contributed by atoms with Gasteiger partial charge in [-0.2, -0.15) is 0 Å². The average Bonchev–Trinajstić information content (AvgIpc) is 2.72. The molecule has 2 aromatic rings. The molecule has 0 unspecified atom stereocenters. The minimum atomic E-state index is -0.682. The van der Waals surface area contributed by atoms with E-state index in [0.29, 0.717) is 42.9 Å². The van der Waals surface area contributed by atoms with Crippen molar-refractivity contribution in [2.45, 2.75) is 45.3 Å². The number of hydrogen-bond donors (Lipinski definition) is 1. The van der Waals surface area contributed by atoms with Gasteiger partial charge in [-0.25, -0.2) is 18.4 Å². The summed E-state index contributed by atoms with van der Waals surface area (Å²) in [6.07, 6.45) is 2.39. The molecule has 0 saturated carbocycles. The number of nitrogens with zero attached hydrogens (tertiary/aromatic N) is 3. The van der Waals surface area contributed by atoms with Gasteiger partial charge in [-0.05, 0) is 57.9 Å². The summed E-state index contributed by atoms with van der Waals surface area (Å²) in [6.45, 7) is 6.50. The quantitative estimate of drug-likeness (QED) is 0.729. The summed E-state index contributed by atoms with van der Waals surface area (Å²) >= 11 is 0. The number of benzene rings is 1. The lowest BCUT2D eigenvalue weighted by Crippen LogP contribution is -2.49. The Morgan fingerprint density at radius 1 is 1.12 bits per heavy atom. The van der Waals surface area contributed by atoms with E-state index in [0.717, 1.165) is 6.07 Å². The molecule has 7 nitrogen and oxygen atoms in total. The van der Waals surface area contributed by atoms with Crippen molar-refractivity contribution in [3.63, 3.8) is 0 Å². The highest BCUT2D eigenvalue weighted by Crippen LogP contribution is 2.22. The van der Waals surface area contributed by atoms with E-state index >= 15 is 0 Å². The highest BCUT2D eigenvalue weighted by atomic mass is 19.1. The Morgan fingerprint density at radius 3 is 2.28 bits per heavy atom. The van der Waals surface area contributed by atoms with Crippen molar-refractivity contribution >= 4 is 17.8 Å². The third-order valence-corrected chi connectivity index (χ3v) is 5.16. The minimum absolute atomic E-state index is 0.0174. The number of anilines is 1. The number of piperidine rings is 1. The first kappa shape index (κ1) is 23.4. The Hall–Kier alpha value is -3.23. The van der Waals surface area contributed by atoms with Crippen LogP contribution in [0.5, 0.6) is 0 Å². The summed E-state index contributed by atoms with van der Waals surface area (Å²) in [4.78, 5) is 32.3. The van der Waals surface area contributed by atoms with Crippen LogP contribution in [0.15, 0.2) is 36.5 Å². The van der Waals surface area contributed by atoms with Crippen LogP contribution in [0.2, 0.25) is 0 Å². The van der Waals surface area contributed by atoms with Gasteiger partial charge in [-0.3, -0.25) is 4.98 Å². The van der Waals surface area contributed by atoms with Gasteiger partial charge >= 0.3 is 12.1 Å². The van der Waals surface area contributed by atoms with Crippen molar-refractivity contribution in [1.82, 2.24) is 14.8 Å². The second-order valence-corrected chi connectivity index (χ2v) is 8.83. The Kier molecular flexibility index (Phi) is 6.96. The number of likely N-dealkylation sites (tertiary alicyclic amines) is 1. The number of pyridine rings is 1. The minimum Gasteiger partial charge on any atom is -0.444 e. The SMILES string of the molecule is CN(C(=O)Nc1ccc(-c2cc(F)cc(F)c2)nc1)C1CCN(C(=O)OC(C)(C)C)CC1. The molecular weight excluding hydrogens is 418 g/mol. The van der Waals surface area contributed by atoms with Gasteiger partial charge in [0.25, 0.3) is 0 Å². The fourth-order valence-corrected chi connectivity index (χ4v) is 3.48. The van der Waals surface area contributed by atoms with Gasteiger partial charge in [0.15, 0.2) is 0 Å². The lowest BCUT2D eigenvalue weighted by molar-refractivity contribution is 0.0174. The standard InChI is InChI=1S/C23H28F2N4O3/c1-23(2,3)32-22(31)29-9-7-19(8-10-29)28(4)21(30)27-18-5-6-20(26-14-18)15-11-16(24)13-17(25)12-15/h5-6,11-14,19H,7-10H2,1-4H3,(H,27,30). The number of halogens is 2. The first-order valence-corrected chi connectivity index (χ1v) is 10.5. The number of hydrogen-bond acceptors (Lipinski definition) is 4. The molecule has 1 saturated heterocycles. The van der Waals surface area contributed by atoms with Gasteiger partial charge in [-0.15, -0.1) is 0 Å². The van der Waals surface area contributed by atoms with Crippen molar-refractivity contribution < 1.29 is 23.1 Å². The molecular formula is C23H28F2N4O3. The molecule has 1 aliphatic heterocycles. The zero-order valence-electron chi connectivity index (χ0n) is 18.7. The third-order valence-electron chi connectivity index (χ3n) is 5.16. The van der Waals surface area contributed by atoms with E-state index in [9.17, 15) is 18.4 Å². The van der Waals surface area contributed by atoms with Crippen LogP contribution in [-0.4, -0.2) is 58.7 Å². The van der Waals surface area contributed by atoms with Gasteiger partial charge < -0.3 is 19.9 Å². The molecule has 0 spiro atoms. The number of carbonyl (C=O) groups is 2. The summed E-state index contributed by atoms with van der Waals surface area (Å²) in [5, 5.41) is 2.78. The maximum atomic E-state index is 13.4. The Morgan fingerprint density at radius 2 is 1.75 bits per heavy atom.